The Morgan fingerprint density at radius 3 is 2.71 bits per heavy atom. The number of amides is 1. The van der Waals surface area contributed by atoms with E-state index in [1.807, 2.05) is 42.6 Å². The highest BCUT2D eigenvalue weighted by atomic mass is 16.1. The first-order valence-electron chi connectivity index (χ1n) is 13.8. The van der Waals surface area contributed by atoms with Gasteiger partial charge in [-0.2, -0.15) is 5.26 Å². The van der Waals surface area contributed by atoms with Crippen molar-refractivity contribution in [1.82, 2.24) is 9.97 Å². The maximum atomic E-state index is 11.6. The van der Waals surface area contributed by atoms with Gasteiger partial charge in [0.15, 0.2) is 0 Å². The topological polar surface area (TPSA) is 108 Å². The third kappa shape index (κ3) is 4.96. The Morgan fingerprint density at radius 1 is 1.05 bits per heavy atom. The molecule has 3 N–H and O–H groups in total. The van der Waals surface area contributed by atoms with Crippen molar-refractivity contribution in [3.63, 3.8) is 0 Å². The van der Waals surface area contributed by atoms with E-state index in [1.54, 1.807) is 12.3 Å². The Balaban J connectivity index is 1.15. The molecule has 0 radical (unpaired) electrons. The predicted molar refractivity (Wildman–Crippen MR) is 148 cm³/mol. The highest BCUT2D eigenvalue weighted by Crippen LogP contribution is 2.47. The van der Waals surface area contributed by atoms with Crippen molar-refractivity contribution in [2.45, 2.75) is 57.0 Å². The summed E-state index contributed by atoms with van der Waals surface area (Å²) in [7, 11) is 0. The van der Waals surface area contributed by atoms with E-state index in [4.69, 9.17) is 11.0 Å². The van der Waals surface area contributed by atoms with Crippen LogP contribution in [0.3, 0.4) is 0 Å². The van der Waals surface area contributed by atoms with Gasteiger partial charge in [-0.05, 0) is 97.4 Å². The average Bonchev–Trinajstić information content (AvgIpc) is 3.55. The zero-order chi connectivity index (χ0) is 26.1. The number of rotatable bonds is 7. The van der Waals surface area contributed by atoms with Gasteiger partial charge in [0.05, 0.1) is 5.56 Å². The highest BCUT2D eigenvalue weighted by molar-refractivity contribution is 5.94. The zero-order valence-electron chi connectivity index (χ0n) is 21.6. The second-order valence-corrected chi connectivity index (χ2v) is 11.2. The number of primary amides is 1. The molecule has 1 amide bonds. The molecule has 3 aliphatic rings. The minimum atomic E-state index is -0.418. The molecule has 0 unspecified atom stereocenters. The van der Waals surface area contributed by atoms with E-state index in [0.717, 1.165) is 41.6 Å². The summed E-state index contributed by atoms with van der Waals surface area (Å²) in [6, 6.07) is 18.5. The molecular weight excluding hydrogens is 472 g/mol. The SMILES string of the molecule is N#Cc1ccc(N2C[C@@H]3C[C@H](C[C@@H]4CCCC[C@H]4Nc4cc(-c5cccc(C(N)=O)c5)ccn4)[C@H]2C3)nc1. The fraction of sp³-hybridized carbons (Fsp3) is 0.419. The van der Waals surface area contributed by atoms with E-state index >= 15 is 0 Å². The molecule has 5 atom stereocenters. The Bertz CT molecular complexity index is 1350. The summed E-state index contributed by atoms with van der Waals surface area (Å²) in [6.07, 6.45) is 12.3. The molecule has 1 aliphatic heterocycles. The van der Waals surface area contributed by atoms with Gasteiger partial charge in [-0.25, -0.2) is 9.97 Å². The second kappa shape index (κ2) is 10.4. The highest BCUT2D eigenvalue weighted by Gasteiger charge is 2.46. The van der Waals surface area contributed by atoms with Crippen molar-refractivity contribution < 1.29 is 4.79 Å². The first-order chi connectivity index (χ1) is 18.6. The van der Waals surface area contributed by atoms with E-state index in [0.29, 0.717) is 35.0 Å². The number of benzene rings is 1. The molecule has 3 heterocycles. The van der Waals surface area contributed by atoms with E-state index < -0.39 is 5.91 Å². The van der Waals surface area contributed by atoms with Gasteiger partial charge in [-0.15, -0.1) is 0 Å². The van der Waals surface area contributed by atoms with Crippen molar-refractivity contribution in [2.24, 2.45) is 23.5 Å². The number of piperidine rings is 1. The van der Waals surface area contributed by atoms with Crippen molar-refractivity contribution in [3.05, 3.63) is 72.1 Å². The number of nitrogens with zero attached hydrogens (tertiary/aromatic N) is 4. The van der Waals surface area contributed by atoms with Crippen LogP contribution < -0.4 is 16.0 Å². The molecular formula is C31H34N6O. The average molecular weight is 507 g/mol. The monoisotopic (exact) mass is 506 g/mol. The summed E-state index contributed by atoms with van der Waals surface area (Å²) >= 11 is 0. The molecule has 2 aliphatic carbocycles. The van der Waals surface area contributed by atoms with Crippen LogP contribution in [0.15, 0.2) is 60.9 Å². The van der Waals surface area contributed by atoms with Gasteiger partial charge in [0.25, 0.3) is 0 Å². The number of hydrogen-bond acceptors (Lipinski definition) is 6. The van der Waals surface area contributed by atoms with Crippen molar-refractivity contribution >= 4 is 17.5 Å². The Kier molecular flexibility index (Phi) is 6.71. The van der Waals surface area contributed by atoms with Crippen LogP contribution in [0.4, 0.5) is 11.6 Å². The number of carbonyl (C=O) groups is 1. The molecule has 6 rings (SSSR count). The maximum absolute atomic E-state index is 11.6. The first kappa shape index (κ1) is 24.4. The number of nitriles is 1. The number of nitrogens with one attached hydrogen (secondary N) is 1. The number of fused-ring (bicyclic) bond motifs is 2. The lowest BCUT2D eigenvalue weighted by atomic mass is 9.77. The Hall–Kier alpha value is -3.92. The summed E-state index contributed by atoms with van der Waals surface area (Å²) < 4.78 is 0. The number of aromatic nitrogens is 2. The molecule has 7 nitrogen and oxygen atoms in total. The molecule has 38 heavy (non-hydrogen) atoms. The van der Waals surface area contributed by atoms with E-state index in [2.05, 4.69) is 32.3 Å². The smallest absolute Gasteiger partial charge is 0.248 e. The molecule has 3 fully saturated rings. The van der Waals surface area contributed by atoms with Gasteiger partial charge in [-0.1, -0.05) is 25.0 Å². The molecule has 7 heteroatoms. The van der Waals surface area contributed by atoms with Gasteiger partial charge < -0.3 is 16.0 Å². The van der Waals surface area contributed by atoms with Crippen LogP contribution in [-0.4, -0.2) is 34.5 Å². The number of anilines is 2. The van der Waals surface area contributed by atoms with Crippen LogP contribution in [-0.2, 0) is 0 Å². The van der Waals surface area contributed by atoms with Crippen molar-refractivity contribution in [2.75, 3.05) is 16.8 Å². The third-order valence-electron chi connectivity index (χ3n) is 8.87. The standard InChI is InChI=1S/C31H34N6O/c32-17-20-8-9-30(35-18-20)37-19-21-12-26(28(37)13-21)15-24-4-1-2-7-27(24)36-29-16-23(10-11-34-29)22-5-3-6-25(14-22)31(33)38/h3,5-6,8-11,14,16,18,21,24,26-28H,1-2,4,7,12-13,15,19H2,(H2,33,38)(H,34,36)/t21-,24+,26-,27-,28-/m1/s1. The largest absolute Gasteiger partial charge is 0.367 e. The van der Waals surface area contributed by atoms with Crippen LogP contribution in [0.1, 0.15) is 60.9 Å². The second-order valence-electron chi connectivity index (χ2n) is 11.2. The van der Waals surface area contributed by atoms with Crippen LogP contribution in [0.2, 0.25) is 0 Å². The van der Waals surface area contributed by atoms with E-state index in [-0.39, 0.29) is 0 Å². The molecule has 0 spiro atoms. The van der Waals surface area contributed by atoms with Crippen molar-refractivity contribution in [3.8, 4) is 17.2 Å². The quantitative estimate of drug-likeness (QED) is 0.445. The number of hydrogen-bond donors (Lipinski definition) is 2. The third-order valence-corrected chi connectivity index (χ3v) is 8.87. The lowest BCUT2D eigenvalue weighted by molar-refractivity contribution is 0.100. The van der Waals surface area contributed by atoms with Crippen LogP contribution in [0.5, 0.6) is 0 Å². The normalized spacial score (nSPS) is 26.2. The molecule has 2 bridgehead atoms. The molecule has 3 aromatic rings. The summed E-state index contributed by atoms with van der Waals surface area (Å²) in [6.45, 7) is 1.08. The molecule has 2 saturated carbocycles. The van der Waals surface area contributed by atoms with Crippen LogP contribution in [0, 0.1) is 29.1 Å². The summed E-state index contributed by atoms with van der Waals surface area (Å²) in [5.74, 6) is 3.52. The van der Waals surface area contributed by atoms with Crippen LogP contribution >= 0.6 is 0 Å². The minimum absolute atomic E-state index is 0.407. The van der Waals surface area contributed by atoms with Gasteiger partial charge in [-0.3, -0.25) is 4.79 Å². The molecule has 2 aromatic heterocycles. The summed E-state index contributed by atoms with van der Waals surface area (Å²) in [5, 5.41) is 12.9. The first-order valence-corrected chi connectivity index (χ1v) is 13.8. The molecule has 1 aromatic carbocycles. The number of pyridine rings is 2. The summed E-state index contributed by atoms with van der Waals surface area (Å²) in [4.78, 5) is 23.4. The Labute approximate surface area is 224 Å². The van der Waals surface area contributed by atoms with Crippen LogP contribution in [0.25, 0.3) is 11.1 Å². The maximum Gasteiger partial charge on any atom is 0.248 e. The van der Waals surface area contributed by atoms with Gasteiger partial charge >= 0.3 is 0 Å². The van der Waals surface area contributed by atoms with Gasteiger partial charge in [0, 0.05) is 36.6 Å². The van der Waals surface area contributed by atoms with Crippen molar-refractivity contribution in [1.29, 1.82) is 5.26 Å². The number of nitrogens with two attached hydrogens (primary N) is 1. The zero-order valence-corrected chi connectivity index (χ0v) is 21.6. The van der Waals surface area contributed by atoms with Gasteiger partial charge in [0.2, 0.25) is 5.91 Å². The summed E-state index contributed by atoms with van der Waals surface area (Å²) in [5.41, 5.74) is 8.60. The fourth-order valence-electron chi connectivity index (χ4n) is 7.10. The van der Waals surface area contributed by atoms with Gasteiger partial charge in [0.1, 0.15) is 17.7 Å². The van der Waals surface area contributed by atoms with E-state index in [1.165, 1.54) is 38.5 Å². The lowest BCUT2D eigenvalue weighted by Gasteiger charge is -2.39. The molecule has 1 saturated heterocycles. The predicted octanol–water partition coefficient (Wildman–Crippen LogP) is 5.39. The fourth-order valence-corrected chi connectivity index (χ4v) is 7.10. The Morgan fingerprint density at radius 2 is 1.92 bits per heavy atom. The lowest BCUT2D eigenvalue weighted by Crippen LogP contribution is -2.41. The molecule has 194 valence electrons. The van der Waals surface area contributed by atoms with E-state index in [9.17, 15) is 4.79 Å². The minimum Gasteiger partial charge on any atom is -0.367 e. The number of carbonyl (C=O) groups excluding carboxylic acids is 1.